The van der Waals surface area contributed by atoms with Crippen molar-refractivity contribution in [1.29, 1.82) is 0 Å². The third-order valence-electron chi connectivity index (χ3n) is 3.19. The monoisotopic (exact) mass is 309 g/mol. The summed E-state index contributed by atoms with van der Waals surface area (Å²) in [5, 5.41) is 2.18. The number of nitrogens with zero attached hydrogens (tertiary/aromatic N) is 3. The van der Waals surface area contributed by atoms with Crippen molar-refractivity contribution in [1.82, 2.24) is 9.97 Å². The van der Waals surface area contributed by atoms with E-state index in [2.05, 4.69) is 49.2 Å². The lowest BCUT2D eigenvalue weighted by atomic mass is 10.0. The second kappa shape index (κ2) is 4.38. The Hall–Kier alpha value is -0.940. The first-order valence-corrected chi connectivity index (χ1v) is 7.23. The van der Waals surface area contributed by atoms with Crippen molar-refractivity contribution in [2.45, 2.75) is 19.4 Å². The lowest BCUT2D eigenvalue weighted by Gasteiger charge is -2.34. The second-order valence-corrected chi connectivity index (χ2v) is 5.93. The minimum Gasteiger partial charge on any atom is -0.349 e. The summed E-state index contributed by atoms with van der Waals surface area (Å²) in [6.07, 6.45) is 2.72. The van der Waals surface area contributed by atoms with Gasteiger partial charge in [-0.25, -0.2) is 9.97 Å². The average Bonchev–Trinajstić information content (AvgIpc) is 2.78. The predicted molar refractivity (Wildman–Crippen MR) is 73.5 cm³/mol. The lowest BCUT2D eigenvalue weighted by Crippen LogP contribution is -2.33. The molecule has 0 fully saturated rings. The molecule has 0 radical (unpaired) electrons. The zero-order valence-electron chi connectivity index (χ0n) is 9.43. The predicted octanol–water partition coefficient (Wildman–Crippen LogP) is 3.42. The molecule has 0 amide bonds. The zero-order chi connectivity index (χ0) is 11.8. The fourth-order valence-corrected chi connectivity index (χ4v) is 3.56. The highest BCUT2D eigenvalue weighted by Gasteiger charge is 2.25. The molecule has 3 heterocycles. The van der Waals surface area contributed by atoms with E-state index >= 15 is 0 Å². The van der Waals surface area contributed by atoms with Crippen molar-refractivity contribution in [3.8, 4) is 0 Å². The summed E-state index contributed by atoms with van der Waals surface area (Å²) < 4.78 is 0.839. The van der Waals surface area contributed by atoms with E-state index in [1.807, 2.05) is 17.4 Å². The van der Waals surface area contributed by atoms with Crippen LogP contribution in [0.2, 0.25) is 0 Å². The molecule has 0 aliphatic carbocycles. The molecular weight excluding hydrogens is 298 g/mol. The van der Waals surface area contributed by atoms with Crippen LogP contribution < -0.4 is 4.90 Å². The molecule has 0 saturated heterocycles. The van der Waals surface area contributed by atoms with Crippen LogP contribution in [0.5, 0.6) is 0 Å². The van der Waals surface area contributed by atoms with Gasteiger partial charge in [0.2, 0.25) is 0 Å². The van der Waals surface area contributed by atoms with Gasteiger partial charge in [0.05, 0.1) is 6.04 Å². The molecule has 3 rings (SSSR count). The molecule has 0 N–H and O–H groups in total. The highest BCUT2D eigenvalue weighted by atomic mass is 79.9. The minimum atomic E-state index is 0.395. The topological polar surface area (TPSA) is 29.0 Å². The molecule has 0 bridgehead atoms. The maximum atomic E-state index is 4.36. The van der Waals surface area contributed by atoms with Gasteiger partial charge in [0, 0.05) is 17.5 Å². The van der Waals surface area contributed by atoms with E-state index in [4.69, 9.17) is 0 Å². The first-order valence-electron chi connectivity index (χ1n) is 5.56. The van der Waals surface area contributed by atoms with E-state index in [0.29, 0.717) is 6.04 Å². The van der Waals surface area contributed by atoms with Crippen LogP contribution in [0, 0.1) is 0 Å². The van der Waals surface area contributed by atoms with Crippen molar-refractivity contribution < 1.29 is 0 Å². The molecule has 1 aliphatic rings. The van der Waals surface area contributed by atoms with Gasteiger partial charge >= 0.3 is 0 Å². The van der Waals surface area contributed by atoms with Gasteiger partial charge in [-0.15, -0.1) is 11.3 Å². The van der Waals surface area contributed by atoms with Crippen LogP contribution >= 0.6 is 27.3 Å². The fourth-order valence-electron chi connectivity index (χ4n) is 2.30. The second-order valence-electron chi connectivity index (χ2n) is 4.12. The molecule has 1 unspecified atom stereocenters. The van der Waals surface area contributed by atoms with Crippen molar-refractivity contribution in [3.63, 3.8) is 0 Å². The van der Waals surface area contributed by atoms with Gasteiger partial charge in [0.1, 0.15) is 16.7 Å². The van der Waals surface area contributed by atoms with Crippen LogP contribution in [0.3, 0.4) is 0 Å². The molecule has 0 aromatic carbocycles. The number of halogens is 1. The van der Waals surface area contributed by atoms with Gasteiger partial charge < -0.3 is 4.90 Å². The molecule has 88 valence electrons. The molecule has 17 heavy (non-hydrogen) atoms. The Morgan fingerprint density at radius 1 is 1.47 bits per heavy atom. The standard InChI is InChI=1S/C12H12BrN3S/c1-8-9-3-5-17-10(9)2-4-16(8)12-6-11(13)14-7-15-12/h3,5-8H,2,4H2,1H3. The number of anilines is 1. The summed E-state index contributed by atoms with van der Waals surface area (Å²) in [6, 6.07) is 4.60. The first kappa shape index (κ1) is 11.2. The smallest absolute Gasteiger partial charge is 0.133 e. The molecule has 2 aromatic rings. The van der Waals surface area contributed by atoms with E-state index in [9.17, 15) is 0 Å². The van der Waals surface area contributed by atoms with Crippen LogP contribution in [0.15, 0.2) is 28.4 Å². The van der Waals surface area contributed by atoms with Gasteiger partial charge in [-0.2, -0.15) is 0 Å². The lowest BCUT2D eigenvalue weighted by molar-refractivity contribution is 0.624. The molecule has 0 spiro atoms. The van der Waals surface area contributed by atoms with E-state index in [1.165, 1.54) is 10.4 Å². The van der Waals surface area contributed by atoms with E-state index in [-0.39, 0.29) is 0 Å². The molecule has 2 aromatic heterocycles. The zero-order valence-corrected chi connectivity index (χ0v) is 11.8. The average molecular weight is 310 g/mol. The molecule has 0 saturated carbocycles. The number of aromatic nitrogens is 2. The maximum absolute atomic E-state index is 4.36. The van der Waals surface area contributed by atoms with E-state index < -0.39 is 0 Å². The summed E-state index contributed by atoms with van der Waals surface area (Å²) >= 11 is 5.26. The Labute approximate surface area is 113 Å². The van der Waals surface area contributed by atoms with Crippen molar-refractivity contribution in [2.75, 3.05) is 11.4 Å². The highest BCUT2D eigenvalue weighted by Crippen LogP contribution is 2.35. The fraction of sp³-hybridized carbons (Fsp3) is 0.333. The number of hydrogen-bond donors (Lipinski definition) is 0. The number of thiophene rings is 1. The third kappa shape index (κ3) is 1.98. The summed E-state index contributed by atoms with van der Waals surface area (Å²) in [5.41, 5.74) is 1.44. The molecular formula is C12H12BrN3S. The Balaban J connectivity index is 1.96. The summed E-state index contributed by atoms with van der Waals surface area (Å²) in [7, 11) is 0. The Morgan fingerprint density at radius 2 is 2.35 bits per heavy atom. The molecule has 3 nitrogen and oxygen atoms in total. The Kier molecular flexibility index (Phi) is 2.88. The SMILES string of the molecule is CC1c2ccsc2CCN1c1cc(Br)ncn1. The number of hydrogen-bond acceptors (Lipinski definition) is 4. The van der Waals surface area contributed by atoms with Crippen LogP contribution in [-0.2, 0) is 6.42 Å². The molecule has 5 heteroatoms. The van der Waals surface area contributed by atoms with Crippen LogP contribution in [-0.4, -0.2) is 16.5 Å². The number of fused-ring (bicyclic) bond motifs is 1. The van der Waals surface area contributed by atoms with Crippen LogP contribution in [0.4, 0.5) is 5.82 Å². The Bertz CT molecular complexity index is 540. The summed E-state index contributed by atoms with van der Waals surface area (Å²) in [6.45, 7) is 3.26. The van der Waals surface area contributed by atoms with Crippen LogP contribution in [0.1, 0.15) is 23.4 Å². The molecule has 1 aliphatic heterocycles. The van der Waals surface area contributed by atoms with Crippen LogP contribution in [0.25, 0.3) is 0 Å². The van der Waals surface area contributed by atoms with E-state index in [0.717, 1.165) is 23.4 Å². The normalized spacial score (nSPS) is 19.2. The first-order chi connectivity index (χ1) is 8.25. The van der Waals surface area contributed by atoms with E-state index in [1.54, 1.807) is 6.33 Å². The van der Waals surface area contributed by atoms with Gasteiger partial charge in [0.15, 0.2) is 0 Å². The van der Waals surface area contributed by atoms with Crippen molar-refractivity contribution in [3.05, 3.63) is 38.9 Å². The summed E-state index contributed by atoms with van der Waals surface area (Å²) in [4.78, 5) is 12.3. The van der Waals surface area contributed by atoms with Crippen molar-refractivity contribution in [2.24, 2.45) is 0 Å². The van der Waals surface area contributed by atoms with Gasteiger partial charge in [-0.1, -0.05) is 0 Å². The minimum absolute atomic E-state index is 0.395. The largest absolute Gasteiger partial charge is 0.349 e. The maximum Gasteiger partial charge on any atom is 0.133 e. The quantitative estimate of drug-likeness (QED) is 0.756. The molecule has 1 atom stereocenters. The van der Waals surface area contributed by atoms with Gasteiger partial charge in [-0.05, 0) is 46.3 Å². The number of rotatable bonds is 1. The van der Waals surface area contributed by atoms with Crippen molar-refractivity contribution >= 4 is 33.1 Å². The third-order valence-corrected chi connectivity index (χ3v) is 4.62. The Morgan fingerprint density at radius 3 is 3.18 bits per heavy atom. The highest BCUT2D eigenvalue weighted by molar-refractivity contribution is 9.10. The summed E-state index contributed by atoms with van der Waals surface area (Å²) in [5.74, 6) is 0.997. The van der Waals surface area contributed by atoms with Gasteiger partial charge in [0.25, 0.3) is 0 Å². The van der Waals surface area contributed by atoms with Gasteiger partial charge in [-0.3, -0.25) is 0 Å².